The molecule has 0 saturated carbocycles. The summed E-state index contributed by atoms with van der Waals surface area (Å²) in [5.41, 5.74) is 0. The zero-order valence-corrected chi connectivity index (χ0v) is 19.1. The van der Waals surface area contributed by atoms with Gasteiger partial charge in [-0.2, -0.15) is 0 Å². The van der Waals surface area contributed by atoms with Gasteiger partial charge in [0.1, 0.15) is 6.17 Å². The lowest BCUT2D eigenvalue weighted by Gasteiger charge is -2.33. The molecule has 0 fully saturated rings. The molecule has 0 radical (unpaired) electrons. The van der Waals surface area contributed by atoms with Crippen molar-refractivity contribution in [2.24, 2.45) is 0 Å². The Balaban J connectivity index is 2.31. The number of nitrogens with zero attached hydrogens (tertiary/aromatic N) is 2. The maximum absolute atomic E-state index is 2.66. The van der Waals surface area contributed by atoms with E-state index in [1.54, 1.807) is 0 Å². The second-order valence-corrected chi connectivity index (χ2v) is 8.64. The third-order valence-corrected chi connectivity index (χ3v) is 6.07. The van der Waals surface area contributed by atoms with Crippen LogP contribution in [0.25, 0.3) is 0 Å². The zero-order chi connectivity index (χ0) is 19.6. The van der Waals surface area contributed by atoms with Gasteiger partial charge in [-0.15, -0.1) is 0 Å². The van der Waals surface area contributed by atoms with Gasteiger partial charge >= 0.3 is 0 Å². The van der Waals surface area contributed by atoms with Crippen LogP contribution in [0.2, 0.25) is 0 Å². The van der Waals surface area contributed by atoms with E-state index in [0.29, 0.717) is 6.17 Å². The summed E-state index contributed by atoms with van der Waals surface area (Å²) in [5, 5.41) is 0. The Bertz CT molecular complexity index is 339. The molecular formula is C25H50N2. The minimum absolute atomic E-state index is 0.647. The van der Waals surface area contributed by atoms with E-state index in [0.717, 1.165) is 0 Å². The van der Waals surface area contributed by atoms with Crippen LogP contribution < -0.4 is 0 Å². The Morgan fingerprint density at radius 3 is 1.33 bits per heavy atom. The molecule has 1 unspecified atom stereocenters. The predicted molar refractivity (Wildman–Crippen MR) is 122 cm³/mol. The molecule has 0 aromatic carbocycles. The van der Waals surface area contributed by atoms with Crippen molar-refractivity contribution in [2.45, 2.75) is 136 Å². The van der Waals surface area contributed by atoms with Crippen LogP contribution in [0.5, 0.6) is 0 Å². The number of hydrogen-bond donors (Lipinski definition) is 0. The van der Waals surface area contributed by atoms with Gasteiger partial charge in [-0.25, -0.2) is 0 Å². The zero-order valence-electron chi connectivity index (χ0n) is 19.1. The van der Waals surface area contributed by atoms with E-state index in [4.69, 9.17) is 0 Å². The Morgan fingerprint density at radius 1 is 0.481 bits per heavy atom. The summed E-state index contributed by atoms with van der Waals surface area (Å²) in [6.07, 6.45) is 29.1. The average Bonchev–Trinajstić information content (AvgIpc) is 3.06. The standard InChI is InChI=1S/C25H50N2/c1-4-7-10-13-15-17-20-25-26(21-18-12-9-6-3)23-24-27(25)22-19-16-14-11-8-5-2/h23-25H,4-22H2,1-3H3. The molecule has 160 valence electrons. The normalized spacial score (nSPS) is 16.6. The molecule has 2 nitrogen and oxygen atoms in total. The lowest BCUT2D eigenvalue weighted by molar-refractivity contribution is 0.135. The van der Waals surface area contributed by atoms with Crippen molar-refractivity contribution < 1.29 is 0 Å². The summed E-state index contributed by atoms with van der Waals surface area (Å²) in [7, 11) is 0. The first kappa shape index (κ1) is 24.4. The van der Waals surface area contributed by atoms with E-state index in [9.17, 15) is 0 Å². The smallest absolute Gasteiger partial charge is 0.101 e. The summed E-state index contributed by atoms with van der Waals surface area (Å²) in [5.74, 6) is 0. The van der Waals surface area contributed by atoms with Gasteiger partial charge in [0.25, 0.3) is 0 Å². The molecule has 1 rings (SSSR count). The third-order valence-electron chi connectivity index (χ3n) is 6.07. The van der Waals surface area contributed by atoms with E-state index in [2.05, 4.69) is 43.0 Å². The molecule has 1 heterocycles. The fraction of sp³-hybridized carbons (Fsp3) is 0.920. The van der Waals surface area contributed by atoms with Gasteiger partial charge in [0, 0.05) is 25.5 Å². The molecule has 0 aromatic rings. The third kappa shape index (κ3) is 11.7. The predicted octanol–water partition coefficient (Wildman–Crippen LogP) is 8.09. The molecule has 0 aliphatic carbocycles. The van der Waals surface area contributed by atoms with Gasteiger partial charge in [-0.05, 0) is 25.7 Å². The van der Waals surface area contributed by atoms with Gasteiger partial charge < -0.3 is 9.80 Å². The second kappa shape index (κ2) is 17.4. The van der Waals surface area contributed by atoms with Crippen molar-refractivity contribution in [2.75, 3.05) is 13.1 Å². The fourth-order valence-corrected chi connectivity index (χ4v) is 4.24. The Labute approximate surface area is 171 Å². The quantitative estimate of drug-likeness (QED) is 0.209. The van der Waals surface area contributed by atoms with Crippen molar-refractivity contribution in [3.8, 4) is 0 Å². The highest BCUT2D eigenvalue weighted by Gasteiger charge is 2.24. The van der Waals surface area contributed by atoms with Crippen molar-refractivity contribution in [3.63, 3.8) is 0 Å². The van der Waals surface area contributed by atoms with Crippen LogP contribution in [0.4, 0.5) is 0 Å². The minimum atomic E-state index is 0.647. The average molecular weight is 379 g/mol. The molecule has 0 saturated heterocycles. The Kier molecular flexibility index (Phi) is 15.7. The first-order chi connectivity index (χ1) is 13.3. The highest BCUT2D eigenvalue weighted by Crippen LogP contribution is 2.23. The van der Waals surface area contributed by atoms with Crippen LogP contribution in [0.3, 0.4) is 0 Å². The second-order valence-electron chi connectivity index (χ2n) is 8.64. The van der Waals surface area contributed by atoms with Crippen LogP contribution in [0.1, 0.15) is 130 Å². The monoisotopic (exact) mass is 378 g/mol. The molecule has 1 atom stereocenters. The SMILES string of the molecule is CCCCCCCCC1N(CCCCCC)C=CN1CCCCCCCC. The lowest BCUT2D eigenvalue weighted by Crippen LogP contribution is -2.39. The van der Waals surface area contributed by atoms with E-state index >= 15 is 0 Å². The Morgan fingerprint density at radius 2 is 0.852 bits per heavy atom. The topological polar surface area (TPSA) is 6.48 Å². The molecule has 27 heavy (non-hydrogen) atoms. The van der Waals surface area contributed by atoms with E-state index < -0.39 is 0 Å². The molecule has 0 bridgehead atoms. The van der Waals surface area contributed by atoms with Crippen LogP contribution in [-0.4, -0.2) is 29.1 Å². The highest BCUT2D eigenvalue weighted by atomic mass is 15.4. The maximum atomic E-state index is 2.66. The van der Waals surface area contributed by atoms with Gasteiger partial charge in [0.05, 0.1) is 0 Å². The molecule has 2 heteroatoms. The largest absolute Gasteiger partial charge is 0.356 e. The summed E-state index contributed by atoms with van der Waals surface area (Å²) < 4.78 is 0. The van der Waals surface area contributed by atoms with Gasteiger partial charge in [-0.3, -0.25) is 0 Å². The summed E-state index contributed by atoms with van der Waals surface area (Å²) in [6, 6.07) is 0. The highest BCUT2D eigenvalue weighted by molar-refractivity contribution is 4.96. The molecule has 0 aromatic heterocycles. The minimum Gasteiger partial charge on any atom is -0.356 e. The fourth-order valence-electron chi connectivity index (χ4n) is 4.24. The van der Waals surface area contributed by atoms with Crippen molar-refractivity contribution in [3.05, 3.63) is 12.4 Å². The molecule has 0 amide bonds. The van der Waals surface area contributed by atoms with Crippen molar-refractivity contribution in [1.29, 1.82) is 0 Å². The molecule has 1 aliphatic rings. The first-order valence-corrected chi connectivity index (χ1v) is 12.5. The molecular weight excluding hydrogens is 328 g/mol. The number of rotatable bonds is 19. The van der Waals surface area contributed by atoms with Crippen LogP contribution in [0.15, 0.2) is 12.4 Å². The number of unbranched alkanes of at least 4 members (excludes halogenated alkanes) is 13. The van der Waals surface area contributed by atoms with E-state index in [1.165, 1.54) is 122 Å². The van der Waals surface area contributed by atoms with E-state index in [-0.39, 0.29) is 0 Å². The van der Waals surface area contributed by atoms with Crippen LogP contribution in [0, 0.1) is 0 Å². The van der Waals surface area contributed by atoms with Crippen molar-refractivity contribution >= 4 is 0 Å². The van der Waals surface area contributed by atoms with Gasteiger partial charge in [0.15, 0.2) is 0 Å². The lowest BCUT2D eigenvalue weighted by atomic mass is 10.1. The molecule has 0 spiro atoms. The number of hydrogen-bond acceptors (Lipinski definition) is 2. The van der Waals surface area contributed by atoms with Gasteiger partial charge in [-0.1, -0.05) is 104 Å². The maximum Gasteiger partial charge on any atom is 0.101 e. The summed E-state index contributed by atoms with van der Waals surface area (Å²) in [4.78, 5) is 5.31. The van der Waals surface area contributed by atoms with Crippen LogP contribution in [-0.2, 0) is 0 Å². The molecule has 0 N–H and O–H groups in total. The van der Waals surface area contributed by atoms with Crippen molar-refractivity contribution in [1.82, 2.24) is 9.80 Å². The Hall–Kier alpha value is -0.660. The summed E-state index contributed by atoms with van der Waals surface area (Å²) >= 11 is 0. The molecule has 1 aliphatic heterocycles. The first-order valence-electron chi connectivity index (χ1n) is 12.5. The summed E-state index contributed by atoms with van der Waals surface area (Å²) in [6.45, 7) is 9.43. The van der Waals surface area contributed by atoms with E-state index in [1.807, 2.05) is 0 Å². The van der Waals surface area contributed by atoms with Gasteiger partial charge in [0.2, 0.25) is 0 Å². The van der Waals surface area contributed by atoms with Crippen LogP contribution >= 0.6 is 0 Å².